The van der Waals surface area contributed by atoms with Crippen molar-refractivity contribution in [3.63, 3.8) is 0 Å². The molecule has 2 atom stereocenters. The molecule has 214 valence electrons. The number of benzene rings is 2. The highest BCUT2D eigenvalue weighted by atomic mass is 32.2. The van der Waals surface area contributed by atoms with Crippen molar-refractivity contribution in [2.75, 3.05) is 32.9 Å². The Morgan fingerprint density at radius 3 is 2.35 bits per heavy atom. The number of piperidine rings is 1. The Kier molecular flexibility index (Phi) is 8.29. The summed E-state index contributed by atoms with van der Waals surface area (Å²) in [5, 5.41) is 0. The number of aromatic nitrogens is 1. The molecule has 40 heavy (non-hydrogen) atoms. The summed E-state index contributed by atoms with van der Waals surface area (Å²) in [5.41, 5.74) is 1.02. The Morgan fingerprint density at radius 1 is 1.05 bits per heavy atom. The van der Waals surface area contributed by atoms with E-state index in [9.17, 15) is 18.0 Å². The van der Waals surface area contributed by atoms with Crippen LogP contribution in [0.4, 0.5) is 0 Å². The van der Waals surface area contributed by atoms with Gasteiger partial charge in [-0.3, -0.25) is 9.59 Å². The molecule has 2 aliphatic heterocycles. The minimum Gasteiger partial charge on any atom is -0.486 e. The summed E-state index contributed by atoms with van der Waals surface area (Å²) in [7, 11) is -3.66. The fraction of sp³-hybridized carbons (Fsp3) is 0.464. The number of carbonyl (C=O) groups is 2. The predicted octanol–water partition coefficient (Wildman–Crippen LogP) is 3.83. The summed E-state index contributed by atoms with van der Waals surface area (Å²) >= 11 is 1.30. The van der Waals surface area contributed by atoms with Crippen LogP contribution in [0.2, 0.25) is 0 Å². The minimum atomic E-state index is -3.66. The lowest BCUT2D eigenvalue weighted by Crippen LogP contribution is -2.42. The Balaban J connectivity index is 1.45. The summed E-state index contributed by atoms with van der Waals surface area (Å²) in [4.78, 5) is 30.2. The summed E-state index contributed by atoms with van der Waals surface area (Å²) in [6, 6.07) is 9.59. The number of nitrogens with zero attached hydrogens (tertiary/aromatic N) is 3. The molecule has 0 bridgehead atoms. The fourth-order valence-electron chi connectivity index (χ4n) is 5.22. The zero-order valence-electron chi connectivity index (χ0n) is 22.8. The first-order valence-electron chi connectivity index (χ1n) is 13.4. The van der Waals surface area contributed by atoms with Crippen molar-refractivity contribution in [3.8, 4) is 11.5 Å². The fourth-order valence-corrected chi connectivity index (χ4v) is 7.96. The Hall–Kier alpha value is -3.22. The number of aryl methyl sites for hydroxylation is 1. The molecule has 2 aliphatic rings. The Bertz CT molecular complexity index is 1580. The maximum Gasteiger partial charge on any atom is 0.307 e. The molecule has 0 saturated carbocycles. The van der Waals surface area contributed by atoms with E-state index in [1.165, 1.54) is 39.9 Å². The molecule has 5 rings (SSSR count). The van der Waals surface area contributed by atoms with Crippen LogP contribution in [-0.2, 0) is 26.1 Å². The molecule has 0 radical (unpaired) electrons. The number of hydrogen-bond acceptors (Lipinski definition) is 8. The molecular formula is C28H33N3O7S2. The van der Waals surface area contributed by atoms with Gasteiger partial charge in [0.25, 0.3) is 5.91 Å². The molecule has 2 aromatic carbocycles. The van der Waals surface area contributed by atoms with Crippen molar-refractivity contribution in [1.29, 1.82) is 0 Å². The van der Waals surface area contributed by atoms with E-state index < -0.39 is 15.9 Å². The van der Waals surface area contributed by atoms with E-state index in [1.807, 2.05) is 12.1 Å². The molecule has 12 heteroatoms. The maximum absolute atomic E-state index is 13.2. The second-order valence-electron chi connectivity index (χ2n) is 10.3. The normalized spacial score (nSPS) is 20.0. The highest BCUT2D eigenvalue weighted by molar-refractivity contribution is 7.89. The number of carbonyl (C=O) groups excluding carboxylic acids is 2. The number of sulfonamides is 1. The van der Waals surface area contributed by atoms with Crippen LogP contribution in [0, 0.1) is 11.8 Å². The van der Waals surface area contributed by atoms with Gasteiger partial charge in [0.1, 0.15) is 13.2 Å². The highest BCUT2D eigenvalue weighted by Gasteiger charge is 2.31. The maximum atomic E-state index is 13.2. The lowest BCUT2D eigenvalue weighted by atomic mass is 9.94. The van der Waals surface area contributed by atoms with Gasteiger partial charge < -0.3 is 18.8 Å². The van der Waals surface area contributed by atoms with Crippen molar-refractivity contribution in [2.24, 2.45) is 16.8 Å². The molecule has 3 heterocycles. The van der Waals surface area contributed by atoms with E-state index in [-0.39, 0.29) is 36.0 Å². The van der Waals surface area contributed by atoms with Crippen LogP contribution < -0.4 is 14.3 Å². The SMILES string of the molecule is CCOC(=O)CCn1c(=NC(=O)c2ccc(S(=O)(=O)N3CC(C)CC(C)C3)cc2)sc2cc3c(cc21)OCCO3. The van der Waals surface area contributed by atoms with Crippen LogP contribution in [0.15, 0.2) is 46.3 Å². The first-order chi connectivity index (χ1) is 19.2. The quantitative estimate of drug-likeness (QED) is 0.386. The number of ether oxygens (including phenoxy) is 3. The van der Waals surface area contributed by atoms with Gasteiger partial charge in [-0.1, -0.05) is 25.2 Å². The lowest BCUT2D eigenvalue weighted by molar-refractivity contribution is -0.143. The number of thiazole rings is 1. The second-order valence-corrected chi connectivity index (χ2v) is 13.2. The third kappa shape index (κ3) is 5.93. The van der Waals surface area contributed by atoms with Gasteiger partial charge in [0.15, 0.2) is 16.3 Å². The molecule has 0 N–H and O–H groups in total. The van der Waals surface area contributed by atoms with Crippen LogP contribution in [0.25, 0.3) is 10.2 Å². The van der Waals surface area contributed by atoms with Crippen LogP contribution in [0.1, 0.15) is 44.0 Å². The number of hydrogen-bond donors (Lipinski definition) is 0. The molecule has 0 aliphatic carbocycles. The van der Waals surface area contributed by atoms with E-state index in [0.717, 1.165) is 16.6 Å². The molecule has 3 aromatic rings. The Labute approximate surface area is 237 Å². The van der Waals surface area contributed by atoms with Crippen molar-refractivity contribution in [1.82, 2.24) is 8.87 Å². The highest BCUT2D eigenvalue weighted by Crippen LogP contribution is 2.35. The second kappa shape index (κ2) is 11.7. The predicted molar refractivity (Wildman–Crippen MR) is 150 cm³/mol. The third-order valence-corrected chi connectivity index (χ3v) is 9.85. The van der Waals surface area contributed by atoms with Crippen molar-refractivity contribution >= 4 is 43.5 Å². The van der Waals surface area contributed by atoms with Gasteiger partial charge in [-0.2, -0.15) is 9.30 Å². The van der Waals surface area contributed by atoms with E-state index in [4.69, 9.17) is 14.2 Å². The average molecular weight is 588 g/mol. The van der Waals surface area contributed by atoms with Crippen LogP contribution in [0.3, 0.4) is 0 Å². The summed E-state index contributed by atoms with van der Waals surface area (Å²) in [5.74, 6) is 0.923. The smallest absolute Gasteiger partial charge is 0.307 e. The van der Waals surface area contributed by atoms with E-state index in [0.29, 0.717) is 54.4 Å². The molecule has 1 saturated heterocycles. The van der Waals surface area contributed by atoms with Crippen molar-refractivity contribution in [2.45, 2.75) is 45.1 Å². The molecule has 1 aromatic heterocycles. The standard InChI is InChI=1S/C28H33N3O7S2/c1-4-36-26(32)9-10-31-22-14-23-24(38-12-11-37-23)15-25(22)39-28(31)29-27(33)20-5-7-21(8-6-20)40(34,35)30-16-18(2)13-19(3)17-30/h5-8,14-15,18-19H,4,9-13,16-17H2,1-3H3. The number of fused-ring (bicyclic) bond motifs is 2. The van der Waals surface area contributed by atoms with E-state index in [2.05, 4.69) is 18.8 Å². The monoisotopic (exact) mass is 587 g/mol. The van der Waals surface area contributed by atoms with Crippen molar-refractivity contribution < 1.29 is 32.2 Å². The van der Waals surface area contributed by atoms with Crippen LogP contribution >= 0.6 is 11.3 Å². The third-order valence-electron chi connectivity index (χ3n) is 6.96. The molecule has 10 nitrogen and oxygen atoms in total. The molecule has 1 amide bonds. The van der Waals surface area contributed by atoms with Gasteiger partial charge in [-0.25, -0.2) is 8.42 Å². The van der Waals surface area contributed by atoms with Gasteiger partial charge in [0, 0.05) is 37.3 Å². The molecule has 1 fully saturated rings. The summed E-state index contributed by atoms with van der Waals surface area (Å²) < 4.78 is 47.1. The molecule has 2 unspecified atom stereocenters. The van der Waals surface area contributed by atoms with Gasteiger partial charge >= 0.3 is 5.97 Å². The van der Waals surface area contributed by atoms with Crippen molar-refractivity contribution in [3.05, 3.63) is 46.8 Å². The van der Waals surface area contributed by atoms with Crippen LogP contribution in [-0.4, -0.2) is 62.1 Å². The van der Waals surface area contributed by atoms with Crippen LogP contribution in [0.5, 0.6) is 11.5 Å². The minimum absolute atomic E-state index is 0.107. The lowest BCUT2D eigenvalue weighted by Gasteiger charge is -2.34. The largest absolute Gasteiger partial charge is 0.486 e. The summed E-state index contributed by atoms with van der Waals surface area (Å²) in [6.07, 6.45) is 1.11. The average Bonchev–Trinajstić information content (AvgIpc) is 3.25. The summed E-state index contributed by atoms with van der Waals surface area (Å²) in [6.45, 7) is 8.26. The molecular weight excluding hydrogens is 554 g/mol. The zero-order valence-corrected chi connectivity index (χ0v) is 24.4. The van der Waals surface area contributed by atoms with Gasteiger partial charge in [0.2, 0.25) is 10.0 Å². The first-order valence-corrected chi connectivity index (χ1v) is 15.7. The topological polar surface area (TPSA) is 117 Å². The van der Waals surface area contributed by atoms with Gasteiger partial charge in [-0.15, -0.1) is 0 Å². The first kappa shape index (κ1) is 28.3. The van der Waals surface area contributed by atoms with Gasteiger partial charge in [0.05, 0.1) is 28.1 Å². The number of esters is 1. The van der Waals surface area contributed by atoms with E-state index >= 15 is 0 Å². The number of rotatable bonds is 7. The zero-order chi connectivity index (χ0) is 28.4. The molecule has 0 spiro atoms. The Morgan fingerprint density at radius 2 is 1.70 bits per heavy atom. The van der Waals surface area contributed by atoms with E-state index in [1.54, 1.807) is 11.5 Å². The number of amides is 1. The van der Waals surface area contributed by atoms with Gasteiger partial charge in [-0.05, 0) is 49.4 Å².